The Hall–Kier alpha value is -1.59. The van der Waals surface area contributed by atoms with E-state index < -0.39 is 6.10 Å². The average molecular weight is 279 g/mol. The van der Waals surface area contributed by atoms with E-state index in [0.29, 0.717) is 18.3 Å². The first-order chi connectivity index (χ1) is 9.40. The van der Waals surface area contributed by atoms with E-state index in [2.05, 4.69) is 29.4 Å². The highest BCUT2D eigenvalue weighted by molar-refractivity contribution is 5.89. The molecule has 1 rings (SSSR count). The molecule has 1 aromatic rings. The molecule has 0 aromatic heterocycles. The van der Waals surface area contributed by atoms with Crippen LogP contribution in [0.4, 0.5) is 10.5 Å². The summed E-state index contributed by atoms with van der Waals surface area (Å²) in [6, 6.07) is 7.41. The molecule has 3 N–H and O–H groups in total. The van der Waals surface area contributed by atoms with Crippen LogP contribution in [0.3, 0.4) is 0 Å². The Bertz CT molecular complexity index is 416. The van der Waals surface area contributed by atoms with Gasteiger partial charge < -0.3 is 20.6 Å². The Kier molecular flexibility index (Phi) is 6.48. The summed E-state index contributed by atoms with van der Waals surface area (Å²) in [5.41, 5.74) is 1.54. The lowest BCUT2D eigenvalue weighted by Gasteiger charge is -2.20. The number of nitrogens with one attached hydrogen (secondary N) is 2. The summed E-state index contributed by atoms with van der Waals surface area (Å²) in [6.45, 7) is 7.35. The van der Waals surface area contributed by atoms with Crippen molar-refractivity contribution in [1.29, 1.82) is 0 Å². The Morgan fingerprint density at radius 1 is 1.25 bits per heavy atom. The molecular weight excluding hydrogens is 254 g/mol. The van der Waals surface area contributed by atoms with Gasteiger partial charge in [0.15, 0.2) is 0 Å². The van der Waals surface area contributed by atoms with Crippen molar-refractivity contribution in [2.75, 3.05) is 25.5 Å². The van der Waals surface area contributed by atoms with Crippen molar-refractivity contribution in [3.05, 3.63) is 29.8 Å². The molecule has 1 atom stereocenters. The van der Waals surface area contributed by atoms with Crippen molar-refractivity contribution in [2.45, 2.75) is 32.9 Å². The molecule has 112 valence electrons. The van der Waals surface area contributed by atoms with Crippen molar-refractivity contribution in [3.63, 3.8) is 0 Å². The number of nitrogens with zero attached hydrogens (tertiary/aromatic N) is 1. The Balaban J connectivity index is 2.35. The number of carbonyl (C=O) groups is 1. The number of likely N-dealkylation sites (N-methyl/N-ethyl adjacent to an activating group) is 1. The largest absolute Gasteiger partial charge is 0.389 e. The van der Waals surface area contributed by atoms with E-state index in [9.17, 15) is 9.90 Å². The molecule has 0 radical (unpaired) electrons. The lowest BCUT2D eigenvalue weighted by molar-refractivity contribution is 0.199. The smallest absolute Gasteiger partial charge is 0.319 e. The molecule has 0 heterocycles. The number of aliphatic hydroxyl groups is 1. The van der Waals surface area contributed by atoms with Gasteiger partial charge in [-0.05, 0) is 45.5 Å². The minimum Gasteiger partial charge on any atom is -0.389 e. The van der Waals surface area contributed by atoms with Gasteiger partial charge in [0.1, 0.15) is 0 Å². The maximum Gasteiger partial charge on any atom is 0.319 e. The summed E-state index contributed by atoms with van der Waals surface area (Å²) in [7, 11) is 2.03. The highest BCUT2D eigenvalue weighted by Gasteiger charge is 2.05. The van der Waals surface area contributed by atoms with Crippen LogP contribution in [0.1, 0.15) is 32.4 Å². The van der Waals surface area contributed by atoms with E-state index in [4.69, 9.17) is 0 Å². The highest BCUT2D eigenvalue weighted by Crippen LogP contribution is 2.15. The molecule has 1 unspecified atom stereocenters. The van der Waals surface area contributed by atoms with Crippen molar-refractivity contribution in [2.24, 2.45) is 0 Å². The molecule has 0 spiro atoms. The molecule has 0 aliphatic heterocycles. The number of carbonyl (C=O) groups excluding carboxylic acids is 1. The summed E-state index contributed by atoms with van der Waals surface area (Å²) in [5.74, 6) is 0. The lowest BCUT2D eigenvalue weighted by Crippen LogP contribution is -2.37. The van der Waals surface area contributed by atoms with E-state index in [1.54, 1.807) is 31.2 Å². The van der Waals surface area contributed by atoms with E-state index in [1.807, 2.05) is 7.05 Å². The normalized spacial score (nSPS) is 12.6. The lowest BCUT2D eigenvalue weighted by atomic mass is 10.1. The fourth-order valence-corrected chi connectivity index (χ4v) is 1.62. The van der Waals surface area contributed by atoms with E-state index in [1.165, 1.54) is 0 Å². The molecular formula is C15H25N3O2. The number of urea groups is 1. The van der Waals surface area contributed by atoms with Crippen LogP contribution >= 0.6 is 0 Å². The second-order valence-electron chi connectivity index (χ2n) is 5.25. The number of benzene rings is 1. The second-order valence-corrected chi connectivity index (χ2v) is 5.25. The molecule has 1 aromatic carbocycles. The van der Waals surface area contributed by atoms with Gasteiger partial charge in [0.05, 0.1) is 6.10 Å². The molecule has 0 aliphatic carbocycles. The highest BCUT2D eigenvalue weighted by atomic mass is 16.3. The third kappa shape index (κ3) is 5.59. The van der Waals surface area contributed by atoms with Gasteiger partial charge in [-0.3, -0.25) is 0 Å². The predicted octanol–water partition coefficient (Wildman–Crippen LogP) is 2.20. The molecule has 0 saturated heterocycles. The Labute approximate surface area is 121 Å². The number of rotatable bonds is 6. The van der Waals surface area contributed by atoms with Crippen LogP contribution in [0.2, 0.25) is 0 Å². The molecule has 5 nitrogen and oxygen atoms in total. The number of anilines is 1. The zero-order valence-electron chi connectivity index (χ0n) is 12.7. The van der Waals surface area contributed by atoms with Gasteiger partial charge in [0.2, 0.25) is 0 Å². The van der Waals surface area contributed by atoms with Gasteiger partial charge in [-0.25, -0.2) is 4.79 Å². The summed E-state index contributed by atoms with van der Waals surface area (Å²) in [6.07, 6.45) is -0.496. The second kappa shape index (κ2) is 7.87. The summed E-state index contributed by atoms with van der Waals surface area (Å²) >= 11 is 0. The van der Waals surface area contributed by atoms with Crippen molar-refractivity contribution in [1.82, 2.24) is 10.2 Å². The van der Waals surface area contributed by atoms with Crippen molar-refractivity contribution in [3.8, 4) is 0 Å². The maximum atomic E-state index is 11.7. The Morgan fingerprint density at radius 3 is 2.35 bits per heavy atom. The first-order valence-electron chi connectivity index (χ1n) is 6.93. The minimum absolute atomic E-state index is 0.216. The van der Waals surface area contributed by atoms with E-state index in [0.717, 1.165) is 12.1 Å². The zero-order chi connectivity index (χ0) is 15.1. The fraction of sp³-hybridized carbons (Fsp3) is 0.533. The van der Waals surface area contributed by atoms with Crippen LogP contribution < -0.4 is 10.6 Å². The number of aliphatic hydroxyl groups excluding tert-OH is 1. The van der Waals surface area contributed by atoms with Crippen LogP contribution in [-0.4, -0.2) is 42.2 Å². The van der Waals surface area contributed by atoms with Gasteiger partial charge in [-0.2, -0.15) is 0 Å². The SMILES string of the molecule is CC(O)c1ccc(NC(=O)NCCN(C)C(C)C)cc1. The molecule has 0 bridgehead atoms. The molecule has 2 amide bonds. The zero-order valence-corrected chi connectivity index (χ0v) is 12.7. The molecule has 0 fully saturated rings. The van der Waals surface area contributed by atoms with Crippen molar-refractivity contribution >= 4 is 11.7 Å². The quantitative estimate of drug-likeness (QED) is 0.748. The summed E-state index contributed by atoms with van der Waals surface area (Å²) < 4.78 is 0. The summed E-state index contributed by atoms with van der Waals surface area (Å²) in [5, 5.41) is 15.0. The molecule has 0 aliphatic rings. The maximum absolute atomic E-state index is 11.7. The monoisotopic (exact) mass is 279 g/mol. The number of hydrogen-bond donors (Lipinski definition) is 3. The molecule has 20 heavy (non-hydrogen) atoms. The average Bonchev–Trinajstić information content (AvgIpc) is 2.39. The van der Waals surface area contributed by atoms with Crippen LogP contribution in [-0.2, 0) is 0 Å². The number of amides is 2. The standard InChI is InChI=1S/C15H25N3O2/c1-11(2)18(4)10-9-16-15(20)17-14-7-5-13(6-8-14)12(3)19/h5-8,11-12,19H,9-10H2,1-4H3,(H2,16,17,20). The van der Waals surface area contributed by atoms with E-state index >= 15 is 0 Å². The first-order valence-corrected chi connectivity index (χ1v) is 6.93. The van der Waals surface area contributed by atoms with Gasteiger partial charge in [-0.1, -0.05) is 12.1 Å². The Morgan fingerprint density at radius 2 is 1.85 bits per heavy atom. The van der Waals surface area contributed by atoms with Crippen LogP contribution in [0.25, 0.3) is 0 Å². The van der Waals surface area contributed by atoms with Crippen LogP contribution in [0.15, 0.2) is 24.3 Å². The third-order valence-corrected chi connectivity index (χ3v) is 3.28. The van der Waals surface area contributed by atoms with Crippen molar-refractivity contribution < 1.29 is 9.90 Å². The molecule has 0 saturated carbocycles. The minimum atomic E-state index is -0.496. The van der Waals surface area contributed by atoms with Gasteiger partial charge in [0, 0.05) is 24.8 Å². The fourth-order valence-electron chi connectivity index (χ4n) is 1.62. The van der Waals surface area contributed by atoms with Gasteiger partial charge >= 0.3 is 6.03 Å². The van der Waals surface area contributed by atoms with Gasteiger partial charge in [-0.15, -0.1) is 0 Å². The third-order valence-electron chi connectivity index (χ3n) is 3.28. The van der Waals surface area contributed by atoms with Gasteiger partial charge in [0.25, 0.3) is 0 Å². The summed E-state index contributed by atoms with van der Waals surface area (Å²) in [4.78, 5) is 13.9. The topological polar surface area (TPSA) is 64.6 Å². The number of hydrogen-bond acceptors (Lipinski definition) is 3. The van der Waals surface area contributed by atoms with Crippen LogP contribution in [0, 0.1) is 0 Å². The van der Waals surface area contributed by atoms with Crippen LogP contribution in [0.5, 0.6) is 0 Å². The van der Waals surface area contributed by atoms with E-state index in [-0.39, 0.29) is 6.03 Å². The predicted molar refractivity (Wildman–Crippen MR) is 81.9 cm³/mol. The molecule has 5 heteroatoms. The first kappa shape index (κ1) is 16.5.